The van der Waals surface area contributed by atoms with Crippen LogP contribution in [0, 0.1) is 5.82 Å². The van der Waals surface area contributed by atoms with E-state index in [2.05, 4.69) is 4.98 Å². The molecule has 0 amide bonds. The molecule has 0 saturated heterocycles. The molecular formula is C10H6FNOS. The highest BCUT2D eigenvalue weighted by Crippen LogP contribution is 2.26. The zero-order valence-corrected chi connectivity index (χ0v) is 7.92. The third-order valence-corrected chi connectivity index (χ3v) is 2.68. The number of aldehydes is 1. The predicted molar refractivity (Wildman–Crippen MR) is 52.9 cm³/mol. The van der Waals surface area contributed by atoms with Gasteiger partial charge in [-0.3, -0.25) is 9.78 Å². The molecule has 0 radical (unpaired) electrons. The van der Waals surface area contributed by atoms with Crippen LogP contribution in [0.3, 0.4) is 0 Å². The van der Waals surface area contributed by atoms with E-state index < -0.39 is 0 Å². The minimum Gasteiger partial charge on any atom is -0.297 e. The average molecular weight is 207 g/mol. The van der Waals surface area contributed by atoms with Gasteiger partial charge in [0.2, 0.25) is 0 Å². The fourth-order valence-electron chi connectivity index (χ4n) is 1.17. The van der Waals surface area contributed by atoms with Crippen molar-refractivity contribution in [3.8, 4) is 11.1 Å². The van der Waals surface area contributed by atoms with Crippen LogP contribution >= 0.6 is 11.3 Å². The SMILES string of the molecule is O=Cc1cc(-c2ccncc2F)cs1. The van der Waals surface area contributed by atoms with Gasteiger partial charge in [-0.1, -0.05) is 0 Å². The Kier molecular flexibility index (Phi) is 2.37. The van der Waals surface area contributed by atoms with Gasteiger partial charge in [0.25, 0.3) is 0 Å². The summed E-state index contributed by atoms with van der Waals surface area (Å²) < 4.78 is 13.2. The van der Waals surface area contributed by atoms with Crippen LogP contribution < -0.4 is 0 Å². The molecule has 0 unspecified atom stereocenters. The zero-order chi connectivity index (χ0) is 9.97. The number of aromatic nitrogens is 1. The molecule has 2 nitrogen and oxygen atoms in total. The van der Waals surface area contributed by atoms with Crippen LogP contribution in [-0.4, -0.2) is 11.3 Å². The first-order chi connectivity index (χ1) is 6.81. The van der Waals surface area contributed by atoms with Gasteiger partial charge in [0, 0.05) is 11.8 Å². The van der Waals surface area contributed by atoms with Crippen molar-refractivity contribution in [1.29, 1.82) is 0 Å². The van der Waals surface area contributed by atoms with Crippen LogP contribution in [0.5, 0.6) is 0 Å². The molecule has 0 aliphatic carbocycles. The number of thiophene rings is 1. The molecule has 0 saturated carbocycles. The van der Waals surface area contributed by atoms with Crippen molar-refractivity contribution in [3.63, 3.8) is 0 Å². The molecule has 0 aliphatic rings. The van der Waals surface area contributed by atoms with E-state index in [9.17, 15) is 9.18 Å². The van der Waals surface area contributed by atoms with Crippen molar-refractivity contribution >= 4 is 17.6 Å². The lowest BCUT2D eigenvalue weighted by atomic mass is 10.1. The minimum atomic E-state index is -0.372. The molecule has 2 rings (SSSR count). The Morgan fingerprint density at radius 2 is 2.36 bits per heavy atom. The lowest BCUT2D eigenvalue weighted by Gasteiger charge is -1.97. The highest BCUT2D eigenvalue weighted by Gasteiger charge is 2.06. The third kappa shape index (κ3) is 1.56. The van der Waals surface area contributed by atoms with Gasteiger partial charge in [0.1, 0.15) is 5.82 Å². The Balaban J connectivity index is 2.49. The Hall–Kier alpha value is -1.55. The number of carbonyl (C=O) groups excluding carboxylic acids is 1. The largest absolute Gasteiger partial charge is 0.297 e. The van der Waals surface area contributed by atoms with Crippen molar-refractivity contribution in [1.82, 2.24) is 4.98 Å². The Labute approximate surface area is 84.0 Å². The molecule has 14 heavy (non-hydrogen) atoms. The second-order valence-electron chi connectivity index (χ2n) is 2.71. The van der Waals surface area contributed by atoms with E-state index in [0.717, 1.165) is 18.0 Å². The van der Waals surface area contributed by atoms with Crippen LogP contribution in [0.15, 0.2) is 29.9 Å². The van der Waals surface area contributed by atoms with Crippen LogP contribution in [0.1, 0.15) is 9.67 Å². The molecule has 0 N–H and O–H groups in total. The van der Waals surface area contributed by atoms with E-state index in [-0.39, 0.29) is 5.82 Å². The monoisotopic (exact) mass is 207 g/mol. The summed E-state index contributed by atoms with van der Waals surface area (Å²) in [5.41, 5.74) is 1.20. The summed E-state index contributed by atoms with van der Waals surface area (Å²) in [6, 6.07) is 3.25. The highest BCUT2D eigenvalue weighted by molar-refractivity contribution is 7.12. The van der Waals surface area contributed by atoms with Crippen LogP contribution in [0.25, 0.3) is 11.1 Å². The molecule has 0 spiro atoms. The van der Waals surface area contributed by atoms with Gasteiger partial charge in [0.05, 0.1) is 11.1 Å². The van der Waals surface area contributed by atoms with Crippen molar-refractivity contribution < 1.29 is 9.18 Å². The van der Waals surface area contributed by atoms with E-state index in [1.54, 1.807) is 17.5 Å². The van der Waals surface area contributed by atoms with Crippen molar-refractivity contribution in [2.24, 2.45) is 0 Å². The molecule has 2 aromatic rings. The predicted octanol–water partition coefficient (Wildman–Crippen LogP) is 2.76. The number of hydrogen-bond acceptors (Lipinski definition) is 3. The average Bonchev–Trinajstić information content (AvgIpc) is 2.67. The molecule has 0 bridgehead atoms. The molecular weight excluding hydrogens is 201 g/mol. The van der Waals surface area contributed by atoms with Gasteiger partial charge in [0.15, 0.2) is 6.29 Å². The van der Waals surface area contributed by atoms with Gasteiger partial charge in [-0.05, 0) is 23.1 Å². The number of nitrogens with zero attached hydrogens (tertiary/aromatic N) is 1. The number of halogens is 1. The summed E-state index contributed by atoms with van der Waals surface area (Å²) >= 11 is 1.30. The van der Waals surface area contributed by atoms with E-state index in [1.807, 2.05) is 0 Å². The van der Waals surface area contributed by atoms with Crippen LogP contribution in [0.2, 0.25) is 0 Å². The maximum Gasteiger partial charge on any atom is 0.160 e. The van der Waals surface area contributed by atoms with Crippen molar-refractivity contribution in [2.45, 2.75) is 0 Å². The lowest BCUT2D eigenvalue weighted by Crippen LogP contribution is -1.82. The summed E-state index contributed by atoms with van der Waals surface area (Å²) in [6.07, 6.45) is 3.44. The normalized spacial score (nSPS) is 10.1. The quantitative estimate of drug-likeness (QED) is 0.709. The number of pyridine rings is 1. The standard InChI is InChI=1S/C10H6FNOS/c11-10-4-12-2-1-9(10)7-3-8(5-13)14-6-7/h1-6H. The first-order valence-electron chi connectivity index (χ1n) is 3.95. The van der Waals surface area contributed by atoms with E-state index in [4.69, 9.17) is 0 Å². The summed E-state index contributed by atoms with van der Waals surface area (Å²) in [6.45, 7) is 0. The topological polar surface area (TPSA) is 30.0 Å². The molecule has 0 atom stereocenters. The molecule has 0 fully saturated rings. The Morgan fingerprint density at radius 1 is 1.50 bits per heavy atom. The van der Waals surface area contributed by atoms with Gasteiger partial charge in [-0.15, -0.1) is 11.3 Å². The first-order valence-corrected chi connectivity index (χ1v) is 4.83. The Morgan fingerprint density at radius 3 is 3.00 bits per heavy atom. The molecule has 2 heterocycles. The van der Waals surface area contributed by atoms with E-state index in [1.165, 1.54) is 17.5 Å². The molecule has 0 aromatic carbocycles. The molecule has 4 heteroatoms. The molecule has 0 aliphatic heterocycles. The molecule has 70 valence electrons. The van der Waals surface area contributed by atoms with Crippen molar-refractivity contribution in [2.75, 3.05) is 0 Å². The fraction of sp³-hybridized carbons (Fsp3) is 0. The summed E-state index contributed by atoms with van der Waals surface area (Å²) in [5.74, 6) is -0.372. The second-order valence-corrected chi connectivity index (χ2v) is 3.65. The highest BCUT2D eigenvalue weighted by atomic mass is 32.1. The van der Waals surface area contributed by atoms with Gasteiger partial charge >= 0.3 is 0 Å². The van der Waals surface area contributed by atoms with Gasteiger partial charge < -0.3 is 0 Å². The van der Waals surface area contributed by atoms with Crippen LogP contribution in [0.4, 0.5) is 4.39 Å². The second kappa shape index (κ2) is 3.67. The maximum atomic E-state index is 13.2. The van der Waals surface area contributed by atoms with Crippen LogP contribution in [-0.2, 0) is 0 Å². The minimum absolute atomic E-state index is 0.372. The summed E-state index contributed by atoms with van der Waals surface area (Å²) in [4.78, 5) is 14.7. The summed E-state index contributed by atoms with van der Waals surface area (Å²) in [7, 11) is 0. The maximum absolute atomic E-state index is 13.2. The van der Waals surface area contributed by atoms with Gasteiger partial charge in [-0.25, -0.2) is 4.39 Å². The Bertz CT molecular complexity index is 467. The fourth-order valence-corrected chi connectivity index (χ4v) is 1.87. The zero-order valence-electron chi connectivity index (χ0n) is 7.11. The van der Waals surface area contributed by atoms with E-state index in [0.29, 0.717) is 10.4 Å². The smallest absolute Gasteiger partial charge is 0.160 e. The van der Waals surface area contributed by atoms with E-state index >= 15 is 0 Å². The number of hydrogen-bond donors (Lipinski definition) is 0. The van der Waals surface area contributed by atoms with Gasteiger partial charge in [-0.2, -0.15) is 0 Å². The lowest BCUT2D eigenvalue weighted by molar-refractivity contribution is 0.112. The van der Waals surface area contributed by atoms with Crippen molar-refractivity contribution in [3.05, 3.63) is 40.6 Å². The number of rotatable bonds is 2. The number of carbonyl (C=O) groups is 1. The third-order valence-electron chi connectivity index (χ3n) is 1.82. The molecule has 2 aromatic heterocycles. The summed E-state index contributed by atoms with van der Waals surface area (Å²) in [5, 5.41) is 1.75. The first kappa shape index (κ1) is 9.02.